The number of rotatable bonds is 4. The van der Waals surface area contributed by atoms with Gasteiger partial charge in [-0.3, -0.25) is 4.79 Å². The number of carbonyl (C=O) groups excluding carboxylic acids is 1. The molecular formula is C12H24N2O. The molecule has 88 valence electrons. The molecule has 15 heavy (non-hydrogen) atoms. The second-order valence-electron chi connectivity index (χ2n) is 5.16. The molecule has 0 bridgehead atoms. The van der Waals surface area contributed by atoms with Crippen LogP contribution >= 0.6 is 0 Å². The molecule has 1 saturated carbocycles. The van der Waals surface area contributed by atoms with Crippen molar-refractivity contribution >= 4 is 5.91 Å². The molecule has 1 amide bonds. The van der Waals surface area contributed by atoms with E-state index in [0.29, 0.717) is 18.3 Å². The van der Waals surface area contributed by atoms with Crippen LogP contribution in [0.2, 0.25) is 0 Å². The first-order valence-corrected chi connectivity index (χ1v) is 6.05. The van der Waals surface area contributed by atoms with Crippen LogP contribution in [0.3, 0.4) is 0 Å². The molecule has 0 aromatic carbocycles. The standard InChI is InChI=1S/C12H24N2O/c1-8(2)9(3)14-12(15)7-10-5-4-6-11(10)13/h8-11H,4-7,13H2,1-3H3,(H,14,15)/t9?,10-,11+/m0/s1. The van der Waals surface area contributed by atoms with E-state index in [1.807, 2.05) is 0 Å². The molecule has 1 unspecified atom stereocenters. The summed E-state index contributed by atoms with van der Waals surface area (Å²) in [7, 11) is 0. The van der Waals surface area contributed by atoms with Gasteiger partial charge in [0.15, 0.2) is 0 Å². The van der Waals surface area contributed by atoms with E-state index >= 15 is 0 Å². The van der Waals surface area contributed by atoms with Crippen LogP contribution in [0.5, 0.6) is 0 Å². The van der Waals surface area contributed by atoms with Crippen molar-refractivity contribution in [2.75, 3.05) is 0 Å². The Labute approximate surface area is 92.8 Å². The second kappa shape index (κ2) is 5.50. The van der Waals surface area contributed by atoms with E-state index in [-0.39, 0.29) is 18.0 Å². The normalized spacial score (nSPS) is 28.1. The van der Waals surface area contributed by atoms with E-state index in [1.54, 1.807) is 0 Å². The lowest BCUT2D eigenvalue weighted by molar-refractivity contribution is -0.122. The molecule has 1 rings (SSSR count). The van der Waals surface area contributed by atoms with Gasteiger partial charge in [0.2, 0.25) is 5.91 Å². The van der Waals surface area contributed by atoms with Crippen LogP contribution in [0.25, 0.3) is 0 Å². The van der Waals surface area contributed by atoms with Crippen molar-refractivity contribution in [3.05, 3.63) is 0 Å². The molecule has 0 saturated heterocycles. The van der Waals surface area contributed by atoms with Crippen molar-refractivity contribution in [3.8, 4) is 0 Å². The molecule has 1 aliphatic rings. The third-order valence-corrected chi connectivity index (χ3v) is 3.55. The summed E-state index contributed by atoms with van der Waals surface area (Å²) in [6, 6.07) is 0.500. The Hall–Kier alpha value is -0.570. The van der Waals surface area contributed by atoms with Gasteiger partial charge in [-0.25, -0.2) is 0 Å². The van der Waals surface area contributed by atoms with Gasteiger partial charge in [0, 0.05) is 18.5 Å². The summed E-state index contributed by atoms with van der Waals surface area (Å²) in [5, 5.41) is 3.03. The molecule has 0 aromatic rings. The van der Waals surface area contributed by atoms with Crippen molar-refractivity contribution < 1.29 is 4.79 Å². The second-order valence-corrected chi connectivity index (χ2v) is 5.16. The number of carbonyl (C=O) groups is 1. The minimum Gasteiger partial charge on any atom is -0.353 e. The highest BCUT2D eigenvalue weighted by Gasteiger charge is 2.26. The van der Waals surface area contributed by atoms with E-state index in [2.05, 4.69) is 26.1 Å². The lowest BCUT2D eigenvalue weighted by Crippen LogP contribution is -2.38. The molecule has 3 heteroatoms. The van der Waals surface area contributed by atoms with E-state index in [4.69, 9.17) is 5.73 Å². The third kappa shape index (κ3) is 3.82. The summed E-state index contributed by atoms with van der Waals surface area (Å²) < 4.78 is 0. The van der Waals surface area contributed by atoms with Gasteiger partial charge in [-0.1, -0.05) is 20.3 Å². The topological polar surface area (TPSA) is 55.1 Å². The quantitative estimate of drug-likeness (QED) is 0.744. The molecule has 3 N–H and O–H groups in total. The predicted octanol–water partition coefficient (Wildman–Crippen LogP) is 1.66. The fourth-order valence-corrected chi connectivity index (χ4v) is 2.04. The highest BCUT2D eigenvalue weighted by atomic mass is 16.1. The molecular weight excluding hydrogens is 188 g/mol. The van der Waals surface area contributed by atoms with E-state index in [1.165, 1.54) is 6.42 Å². The smallest absolute Gasteiger partial charge is 0.220 e. The van der Waals surface area contributed by atoms with Gasteiger partial charge in [-0.05, 0) is 31.6 Å². The number of hydrogen-bond donors (Lipinski definition) is 2. The maximum Gasteiger partial charge on any atom is 0.220 e. The average molecular weight is 212 g/mol. The van der Waals surface area contributed by atoms with Gasteiger partial charge in [0.1, 0.15) is 0 Å². The monoisotopic (exact) mass is 212 g/mol. The molecule has 0 heterocycles. The first kappa shape index (κ1) is 12.5. The third-order valence-electron chi connectivity index (χ3n) is 3.55. The summed E-state index contributed by atoms with van der Waals surface area (Å²) in [6.07, 6.45) is 3.99. The van der Waals surface area contributed by atoms with E-state index in [0.717, 1.165) is 12.8 Å². The minimum absolute atomic E-state index is 0.165. The van der Waals surface area contributed by atoms with E-state index in [9.17, 15) is 4.79 Å². The van der Waals surface area contributed by atoms with Gasteiger partial charge in [0.05, 0.1) is 0 Å². The Kier molecular flexibility index (Phi) is 4.58. The Morgan fingerprint density at radius 2 is 2.07 bits per heavy atom. The summed E-state index contributed by atoms with van der Waals surface area (Å²) in [6.45, 7) is 6.29. The lowest BCUT2D eigenvalue weighted by atomic mass is 9.99. The minimum atomic E-state index is 0.165. The van der Waals surface area contributed by atoms with Crippen LogP contribution in [0, 0.1) is 11.8 Å². The largest absolute Gasteiger partial charge is 0.353 e. The van der Waals surface area contributed by atoms with Gasteiger partial charge >= 0.3 is 0 Å². The fourth-order valence-electron chi connectivity index (χ4n) is 2.04. The van der Waals surface area contributed by atoms with Gasteiger partial charge in [0.25, 0.3) is 0 Å². The molecule has 3 nitrogen and oxygen atoms in total. The zero-order valence-corrected chi connectivity index (χ0v) is 10.1. The average Bonchev–Trinajstić information content (AvgIpc) is 2.51. The van der Waals surface area contributed by atoms with Crippen molar-refractivity contribution in [2.24, 2.45) is 17.6 Å². The highest BCUT2D eigenvalue weighted by molar-refractivity contribution is 5.76. The molecule has 0 aliphatic heterocycles. The number of nitrogens with one attached hydrogen (secondary N) is 1. The maximum absolute atomic E-state index is 11.7. The molecule has 0 radical (unpaired) electrons. The Morgan fingerprint density at radius 1 is 1.40 bits per heavy atom. The van der Waals surface area contributed by atoms with Crippen LogP contribution in [-0.4, -0.2) is 18.0 Å². The zero-order valence-electron chi connectivity index (χ0n) is 10.1. The summed E-state index contributed by atoms with van der Waals surface area (Å²) >= 11 is 0. The van der Waals surface area contributed by atoms with Crippen molar-refractivity contribution in [2.45, 2.75) is 58.5 Å². The van der Waals surface area contributed by atoms with Gasteiger partial charge in [-0.2, -0.15) is 0 Å². The van der Waals surface area contributed by atoms with Crippen molar-refractivity contribution in [3.63, 3.8) is 0 Å². The van der Waals surface area contributed by atoms with Gasteiger partial charge < -0.3 is 11.1 Å². The van der Waals surface area contributed by atoms with Crippen LogP contribution in [0.15, 0.2) is 0 Å². The first-order valence-electron chi connectivity index (χ1n) is 6.05. The van der Waals surface area contributed by atoms with E-state index < -0.39 is 0 Å². The summed E-state index contributed by atoms with van der Waals surface area (Å²) in [5.74, 6) is 1.06. The predicted molar refractivity (Wildman–Crippen MR) is 62.4 cm³/mol. The zero-order chi connectivity index (χ0) is 11.4. The van der Waals surface area contributed by atoms with Crippen molar-refractivity contribution in [1.29, 1.82) is 0 Å². The van der Waals surface area contributed by atoms with Gasteiger partial charge in [-0.15, -0.1) is 0 Å². The Morgan fingerprint density at radius 3 is 2.53 bits per heavy atom. The SMILES string of the molecule is CC(C)C(C)NC(=O)C[C@@H]1CCC[C@H]1N. The molecule has 0 aromatic heterocycles. The molecule has 1 aliphatic carbocycles. The number of nitrogens with two attached hydrogens (primary N) is 1. The van der Waals surface area contributed by atoms with Crippen LogP contribution in [0.1, 0.15) is 46.5 Å². The molecule has 1 fully saturated rings. The van der Waals surface area contributed by atoms with Crippen LogP contribution < -0.4 is 11.1 Å². The Balaban J connectivity index is 2.29. The number of hydrogen-bond acceptors (Lipinski definition) is 2. The Bertz CT molecular complexity index is 216. The van der Waals surface area contributed by atoms with Crippen molar-refractivity contribution in [1.82, 2.24) is 5.32 Å². The number of amides is 1. The highest BCUT2D eigenvalue weighted by Crippen LogP contribution is 2.26. The lowest BCUT2D eigenvalue weighted by Gasteiger charge is -2.20. The fraction of sp³-hybridized carbons (Fsp3) is 0.917. The van der Waals surface area contributed by atoms with Crippen LogP contribution in [-0.2, 0) is 4.79 Å². The first-order chi connectivity index (χ1) is 7.00. The summed E-state index contributed by atoms with van der Waals surface area (Å²) in [5.41, 5.74) is 5.94. The molecule has 3 atom stereocenters. The maximum atomic E-state index is 11.7. The van der Waals surface area contributed by atoms with Crippen LogP contribution in [0.4, 0.5) is 0 Å². The summed E-state index contributed by atoms with van der Waals surface area (Å²) in [4.78, 5) is 11.7. The molecule has 0 spiro atoms.